The minimum atomic E-state index is -0.0619. The minimum Gasteiger partial charge on any atom is -0.393 e. The van der Waals surface area contributed by atoms with Gasteiger partial charge in [0.05, 0.1) is 6.10 Å². The van der Waals surface area contributed by atoms with Crippen molar-refractivity contribution in [3.8, 4) is 0 Å². The van der Waals surface area contributed by atoms with Crippen molar-refractivity contribution in [2.45, 2.75) is 85.2 Å². The summed E-state index contributed by atoms with van der Waals surface area (Å²) in [5.41, 5.74) is 3.12. The summed E-state index contributed by atoms with van der Waals surface area (Å²) in [5, 5.41) is 10.1. The molecule has 7 unspecified atom stereocenters. The van der Waals surface area contributed by atoms with E-state index in [0.29, 0.717) is 17.1 Å². The van der Waals surface area contributed by atoms with Gasteiger partial charge in [0, 0.05) is 0 Å². The van der Waals surface area contributed by atoms with Gasteiger partial charge in [-0.1, -0.05) is 19.4 Å². The van der Waals surface area contributed by atoms with Crippen molar-refractivity contribution < 1.29 is 9.90 Å². The molecule has 0 aromatic rings. The fourth-order valence-corrected chi connectivity index (χ4v) is 7.86. The molecule has 0 aromatic carbocycles. The zero-order valence-electron chi connectivity index (χ0n) is 15.9. The Kier molecular flexibility index (Phi) is 3.81. The van der Waals surface area contributed by atoms with Gasteiger partial charge >= 0.3 is 0 Å². The molecule has 0 bridgehead atoms. The average Bonchev–Trinajstić information content (AvgIpc) is 2.78. The summed E-state index contributed by atoms with van der Waals surface area (Å²) in [6, 6.07) is 0. The van der Waals surface area contributed by atoms with Crippen LogP contribution in [0.15, 0.2) is 11.1 Å². The zero-order valence-corrected chi connectivity index (χ0v) is 15.9. The van der Waals surface area contributed by atoms with E-state index in [2.05, 4.69) is 20.8 Å². The van der Waals surface area contributed by atoms with Crippen LogP contribution in [0.1, 0.15) is 79.1 Å². The molecule has 2 nitrogen and oxygen atoms in total. The van der Waals surface area contributed by atoms with Gasteiger partial charge in [-0.3, -0.25) is 4.79 Å². The van der Waals surface area contributed by atoms with Crippen molar-refractivity contribution in [2.24, 2.45) is 34.5 Å². The highest BCUT2D eigenvalue weighted by Gasteiger charge is 2.59. The van der Waals surface area contributed by atoms with Crippen molar-refractivity contribution in [3.63, 3.8) is 0 Å². The van der Waals surface area contributed by atoms with Crippen LogP contribution in [0.5, 0.6) is 0 Å². The van der Waals surface area contributed by atoms with Crippen LogP contribution in [0.4, 0.5) is 0 Å². The van der Waals surface area contributed by atoms with E-state index in [-0.39, 0.29) is 11.5 Å². The summed E-state index contributed by atoms with van der Waals surface area (Å²) in [4.78, 5) is 12.3. The first kappa shape index (κ1) is 16.8. The summed E-state index contributed by atoms with van der Waals surface area (Å²) in [7, 11) is 0. The Morgan fingerprint density at radius 3 is 2.54 bits per heavy atom. The van der Waals surface area contributed by atoms with Crippen molar-refractivity contribution in [1.82, 2.24) is 0 Å². The van der Waals surface area contributed by atoms with Gasteiger partial charge in [0.25, 0.3) is 0 Å². The quantitative estimate of drug-likeness (QED) is 0.742. The van der Waals surface area contributed by atoms with Crippen LogP contribution in [0.3, 0.4) is 0 Å². The zero-order chi connectivity index (χ0) is 17.3. The highest BCUT2D eigenvalue weighted by Crippen LogP contribution is 2.67. The van der Waals surface area contributed by atoms with E-state index in [1.54, 1.807) is 6.92 Å². The lowest BCUT2D eigenvalue weighted by Crippen LogP contribution is -2.53. The number of aliphatic hydroxyl groups is 1. The number of hydrogen-bond donors (Lipinski definition) is 1. The number of ketones is 1. The number of rotatable bonds is 1. The van der Waals surface area contributed by atoms with Crippen LogP contribution >= 0.6 is 0 Å². The first-order chi connectivity index (χ1) is 11.3. The molecule has 0 radical (unpaired) electrons. The standard InChI is InChI=1S/C22H34O2/c1-13-11-19-17-6-5-15-12-16(24)7-9-21(15,3)18(17)8-10-22(19,4)20(13)14(2)23/h15-19,24H,5-12H2,1-4H3. The molecule has 1 N–H and O–H groups in total. The second kappa shape index (κ2) is 5.43. The maximum atomic E-state index is 12.3. The molecule has 0 aliphatic heterocycles. The molecule has 3 saturated carbocycles. The molecule has 134 valence electrons. The lowest BCUT2D eigenvalue weighted by atomic mass is 9.44. The Hall–Kier alpha value is -0.630. The van der Waals surface area contributed by atoms with E-state index in [9.17, 15) is 9.90 Å². The fraction of sp³-hybridized carbons (Fsp3) is 0.864. The third-order valence-electron chi connectivity index (χ3n) is 8.90. The predicted octanol–water partition coefficient (Wildman–Crippen LogP) is 4.91. The number of carbonyl (C=O) groups excluding carboxylic acids is 1. The molecule has 4 aliphatic carbocycles. The fourth-order valence-electron chi connectivity index (χ4n) is 7.86. The van der Waals surface area contributed by atoms with Crippen LogP contribution in [0.2, 0.25) is 0 Å². The van der Waals surface area contributed by atoms with Crippen molar-refractivity contribution in [2.75, 3.05) is 0 Å². The Morgan fingerprint density at radius 1 is 1.08 bits per heavy atom. The molecule has 0 heterocycles. The molecule has 2 heteroatoms. The molecular formula is C22H34O2. The molecule has 24 heavy (non-hydrogen) atoms. The monoisotopic (exact) mass is 330 g/mol. The highest BCUT2D eigenvalue weighted by atomic mass is 16.3. The molecule has 0 amide bonds. The smallest absolute Gasteiger partial charge is 0.156 e. The third kappa shape index (κ3) is 2.14. The summed E-state index contributed by atoms with van der Waals surface area (Å²) in [6.45, 7) is 8.91. The average molecular weight is 331 g/mol. The first-order valence-corrected chi connectivity index (χ1v) is 10.2. The lowest BCUT2D eigenvalue weighted by molar-refractivity contribution is -0.124. The summed E-state index contributed by atoms with van der Waals surface area (Å²) in [5.74, 6) is 3.30. The number of Topliss-reactive ketones (excluding diaryl/α,β-unsaturated/α-hetero) is 1. The summed E-state index contributed by atoms with van der Waals surface area (Å²) < 4.78 is 0. The van der Waals surface area contributed by atoms with Crippen LogP contribution in [0, 0.1) is 34.5 Å². The number of fused-ring (bicyclic) bond motifs is 5. The maximum Gasteiger partial charge on any atom is 0.156 e. The van der Waals surface area contributed by atoms with Gasteiger partial charge in [0.15, 0.2) is 5.78 Å². The molecule has 4 rings (SSSR count). The largest absolute Gasteiger partial charge is 0.393 e. The molecule has 0 spiro atoms. The van der Waals surface area contributed by atoms with Crippen LogP contribution < -0.4 is 0 Å². The molecule has 4 aliphatic rings. The third-order valence-corrected chi connectivity index (χ3v) is 8.90. The molecule has 7 atom stereocenters. The van der Waals surface area contributed by atoms with Gasteiger partial charge in [0.2, 0.25) is 0 Å². The number of carbonyl (C=O) groups is 1. The SMILES string of the molecule is CC(=O)C1=C(C)CC2C3CCC4CC(O)CCC4(C)C3CCC12C. The number of allylic oxidation sites excluding steroid dienone is 2. The molecule has 0 saturated heterocycles. The summed E-state index contributed by atoms with van der Waals surface area (Å²) in [6.07, 6.45) is 9.39. The van der Waals surface area contributed by atoms with Gasteiger partial charge in [-0.25, -0.2) is 0 Å². The normalized spacial score (nSPS) is 51.0. The minimum absolute atomic E-state index is 0.0619. The van der Waals surface area contributed by atoms with E-state index >= 15 is 0 Å². The van der Waals surface area contributed by atoms with E-state index in [4.69, 9.17) is 0 Å². The van der Waals surface area contributed by atoms with Gasteiger partial charge in [0.1, 0.15) is 0 Å². The van der Waals surface area contributed by atoms with E-state index in [1.807, 2.05) is 0 Å². The molecule has 3 fully saturated rings. The second-order valence-electron chi connectivity index (χ2n) is 9.96. The van der Waals surface area contributed by atoms with Crippen molar-refractivity contribution in [1.29, 1.82) is 0 Å². The lowest BCUT2D eigenvalue weighted by Gasteiger charge is -2.60. The van der Waals surface area contributed by atoms with Gasteiger partial charge < -0.3 is 5.11 Å². The molecular weight excluding hydrogens is 296 g/mol. The summed E-state index contributed by atoms with van der Waals surface area (Å²) >= 11 is 0. The van der Waals surface area contributed by atoms with E-state index < -0.39 is 0 Å². The maximum absolute atomic E-state index is 12.3. The van der Waals surface area contributed by atoms with E-state index in [0.717, 1.165) is 37.0 Å². The van der Waals surface area contributed by atoms with E-state index in [1.165, 1.54) is 43.3 Å². The second-order valence-corrected chi connectivity index (χ2v) is 9.96. The number of aliphatic hydroxyl groups excluding tert-OH is 1. The Labute approximate surface area is 147 Å². The van der Waals surface area contributed by atoms with Crippen molar-refractivity contribution >= 4 is 5.78 Å². The van der Waals surface area contributed by atoms with Crippen molar-refractivity contribution in [3.05, 3.63) is 11.1 Å². The Morgan fingerprint density at radius 2 is 1.83 bits per heavy atom. The predicted molar refractivity (Wildman–Crippen MR) is 96.5 cm³/mol. The van der Waals surface area contributed by atoms with Gasteiger partial charge in [-0.2, -0.15) is 0 Å². The Bertz CT molecular complexity index is 591. The van der Waals surface area contributed by atoms with Crippen LogP contribution in [-0.2, 0) is 4.79 Å². The first-order valence-electron chi connectivity index (χ1n) is 10.2. The Balaban J connectivity index is 1.65. The van der Waals surface area contributed by atoms with Gasteiger partial charge in [-0.15, -0.1) is 0 Å². The topological polar surface area (TPSA) is 37.3 Å². The van der Waals surface area contributed by atoms with Crippen LogP contribution in [-0.4, -0.2) is 17.0 Å². The van der Waals surface area contributed by atoms with Gasteiger partial charge in [-0.05, 0) is 105 Å². The molecule has 0 aromatic heterocycles. The number of hydrogen-bond acceptors (Lipinski definition) is 2. The van der Waals surface area contributed by atoms with Crippen LogP contribution in [0.25, 0.3) is 0 Å². The highest BCUT2D eigenvalue weighted by molar-refractivity contribution is 5.96.